The summed E-state index contributed by atoms with van der Waals surface area (Å²) in [5, 5.41) is 3.85. The summed E-state index contributed by atoms with van der Waals surface area (Å²) in [5.41, 5.74) is 3.82. The molecule has 7 heteroatoms. The van der Waals surface area contributed by atoms with E-state index >= 15 is 0 Å². The second kappa shape index (κ2) is 7.12. The van der Waals surface area contributed by atoms with Crippen molar-refractivity contribution >= 4 is 28.6 Å². The van der Waals surface area contributed by atoms with Crippen molar-refractivity contribution in [2.24, 2.45) is 0 Å². The zero-order valence-electron chi connectivity index (χ0n) is 16.3. The molecule has 3 heterocycles. The molecule has 154 valence electrons. The number of aromatic amines is 1. The number of hydrogen-bond acceptors (Lipinski definition) is 3. The highest BCUT2D eigenvalue weighted by Gasteiger charge is 2.33. The third kappa shape index (κ3) is 3.59. The van der Waals surface area contributed by atoms with Crippen LogP contribution in [0.2, 0.25) is 0 Å². The number of nitrogens with one attached hydrogen (secondary N) is 2. The number of nitrogens with zero attached hydrogens (tertiary/aromatic N) is 2. The third-order valence-electron chi connectivity index (χ3n) is 5.25. The van der Waals surface area contributed by atoms with Gasteiger partial charge in [-0.1, -0.05) is 36.9 Å². The van der Waals surface area contributed by atoms with Crippen LogP contribution in [0.25, 0.3) is 34.1 Å². The molecule has 4 nitrogen and oxygen atoms in total. The second-order valence-corrected chi connectivity index (χ2v) is 7.34. The fourth-order valence-corrected chi connectivity index (χ4v) is 3.71. The lowest BCUT2D eigenvalue weighted by Crippen LogP contribution is -2.06. The molecule has 31 heavy (non-hydrogen) atoms. The molecule has 2 N–H and O–H groups in total. The molecule has 0 saturated carbocycles. The number of H-pyrrole nitrogens is 1. The van der Waals surface area contributed by atoms with Crippen molar-refractivity contribution in [3.8, 4) is 11.3 Å². The van der Waals surface area contributed by atoms with Gasteiger partial charge >= 0.3 is 6.18 Å². The number of anilines is 1. The van der Waals surface area contributed by atoms with E-state index in [2.05, 4.69) is 39.0 Å². The SMILES string of the molecule is C=C(Nc1ccc2cc(-c3ccccc3C(F)(F)F)[nH]c2n1)c1cc2c(cn1)CC=C2. The van der Waals surface area contributed by atoms with Gasteiger partial charge < -0.3 is 10.3 Å². The number of fused-ring (bicyclic) bond motifs is 2. The van der Waals surface area contributed by atoms with Crippen LogP contribution in [0.3, 0.4) is 0 Å². The summed E-state index contributed by atoms with van der Waals surface area (Å²) in [7, 11) is 0. The molecule has 0 aliphatic heterocycles. The van der Waals surface area contributed by atoms with Crippen molar-refractivity contribution in [1.29, 1.82) is 0 Å². The van der Waals surface area contributed by atoms with E-state index in [0.717, 1.165) is 18.1 Å². The Morgan fingerprint density at radius 1 is 1.10 bits per heavy atom. The molecule has 0 fully saturated rings. The van der Waals surface area contributed by atoms with Gasteiger partial charge in [-0.25, -0.2) is 4.98 Å². The molecule has 0 bridgehead atoms. The van der Waals surface area contributed by atoms with Crippen molar-refractivity contribution < 1.29 is 13.2 Å². The van der Waals surface area contributed by atoms with Crippen LogP contribution in [-0.2, 0) is 12.6 Å². The number of aromatic nitrogens is 3. The van der Waals surface area contributed by atoms with Gasteiger partial charge in [0.15, 0.2) is 0 Å². The Labute approximate surface area is 176 Å². The maximum absolute atomic E-state index is 13.4. The van der Waals surface area contributed by atoms with Crippen LogP contribution in [0, 0.1) is 0 Å². The number of allylic oxidation sites excluding steroid dienone is 1. The van der Waals surface area contributed by atoms with E-state index in [1.807, 2.05) is 12.3 Å². The zero-order valence-corrected chi connectivity index (χ0v) is 16.3. The van der Waals surface area contributed by atoms with Gasteiger partial charge in [-0.2, -0.15) is 13.2 Å². The highest BCUT2D eigenvalue weighted by molar-refractivity contribution is 5.86. The Hall–Kier alpha value is -3.87. The fourth-order valence-electron chi connectivity index (χ4n) is 3.71. The van der Waals surface area contributed by atoms with E-state index in [1.165, 1.54) is 17.7 Å². The van der Waals surface area contributed by atoms with Crippen molar-refractivity contribution in [3.05, 3.63) is 89.8 Å². The largest absolute Gasteiger partial charge is 0.417 e. The second-order valence-electron chi connectivity index (χ2n) is 7.34. The van der Waals surface area contributed by atoms with Crippen LogP contribution < -0.4 is 5.32 Å². The lowest BCUT2D eigenvalue weighted by Gasteiger charge is -2.11. The number of halogens is 3. The first-order valence-electron chi connectivity index (χ1n) is 9.66. The number of pyridine rings is 2. The summed E-state index contributed by atoms with van der Waals surface area (Å²) in [6.45, 7) is 4.04. The minimum atomic E-state index is -4.44. The summed E-state index contributed by atoms with van der Waals surface area (Å²) in [5.74, 6) is 0.521. The van der Waals surface area contributed by atoms with Gasteiger partial charge in [0.1, 0.15) is 11.5 Å². The van der Waals surface area contributed by atoms with E-state index in [4.69, 9.17) is 0 Å². The summed E-state index contributed by atoms with van der Waals surface area (Å²) < 4.78 is 40.1. The Balaban J connectivity index is 1.44. The Kier molecular flexibility index (Phi) is 4.39. The molecule has 0 amide bonds. The highest BCUT2D eigenvalue weighted by Crippen LogP contribution is 2.37. The number of hydrogen-bond donors (Lipinski definition) is 2. The predicted octanol–water partition coefficient (Wildman–Crippen LogP) is 6.30. The van der Waals surface area contributed by atoms with E-state index < -0.39 is 11.7 Å². The predicted molar refractivity (Wildman–Crippen MR) is 116 cm³/mol. The van der Waals surface area contributed by atoms with Crippen LogP contribution in [-0.4, -0.2) is 15.0 Å². The van der Waals surface area contributed by atoms with E-state index in [-0.39, 0.29) is 5.56 Å². The smallest absolute Gasteiger partial charge is 0.339 e. The maximum Gasteiger partial charge on any atom is 0.417 e. The molecule has 0 spiro atoms. The van der Waals surface area contributed by atoms with Crippen LogP contribution in [0.1, 0.15) is 22.4 Å². The standard InChI is InChI=1S/C24H17F3N4/c1-14(20-11-15-5-4-6-17(15)13-28-20)29-22-10-9-16-12-21(30-23(16)31-22)18-7-2-3-8-19(18)24(25,26)27/h2-5,7-13H,1,6H2,(H2,29,30,31). The summed E-state index contributed by atoms with van der Waals surface area (Å²) in [6, 6.07) is 12.7. The molecule has 0 saturated heterocycles. The van der Waals surface area contributed by atoms with Gasteiger partial charge in [-0.3, -0.25) is 4.98 Å². The maximum atomic E-state index is 13.4. The van der Waals surface area contributed by atoms with Gasteiger partial charge in [0, 0.05) is 22.8 Å². The van der Waals surface area contributed by atoms with Crippen molar-refractivity contribution in [2.75, 3.05) is 5.32 Å². The summed E-state index contributed by atoms with van der Waals surface area (Å²) in [4.78, 5) is 11.9. The van der Waals surface area contributed by atoms with Crippen molar-refractivity contribution in [3.63, 3.8) is 0 Å². The molecule has 1 aliphatic rings. The first-order chi connectivity index (χ1) is 14.9. The van der Waals surface area contributed by atoms with Crippen LogP contribution in [0.4, 0.5) is 19.0 Å². The van der Waals surface area contributed by atoms with E-state index in [0.29, 0.717) is 33.9 Å². The molecule has 3 aromatic heterocycles. The van der Waals surface area contributed by atoms with Crippen LogP contribution in [0.15, 0.2) is 67.4 Å². The fraction of sp³-hybridized carbons (Fsp3) is 0.0833. The van der Waals surface area contributed by atoms with Gasteiger partial charge in [-0.05, 0) is 47.9 Å². The Morgan fingerprint density at radius 3 is 2.77 bits per heavy atom. The van der Waals surface area contributed by atoms with Crippen molar-refractivity contribution in [1.82, 2.24) is 15.0 Å². The lowest BCUT2D eigenvalue weighted by molar-refractivity contribution is -0.137. The first kappa shape index (κ1) is 19.1. The molecule has 1 aliphatic carbocycles. The van der Waals surface area contributed by atoms with Crippen molar-refractivity contribution in [2.45, 2.75) is 12.6 Å². The topological polar surface area (TPSA) is 53.6 Å². The molecular formula is C24H17F3N4. The average Bonchev–Trinajstić information content (AvgIpc) is 3.39. The van der Waals surface area contributed by atoms with E-state index in [1.54, 1.807) is 24.3 Å². The van der Waals surface area contributed by atoms with Gasteiger partial charge in [-0.15, -0.1) is 0 Å². The molecule has 4 aromatic rings. The number of rotatable bonds is 4. The quantitative estimate of drug-likeness (QED) is 0.409. The van der Waals surface area contributed by atoms with E-state index in [9.17, 15) is 13.2 Å². The Bertz CT molecular complexity index is 1350. The van der Waals surface area contributed by atoms with Gasteiger partial charge in [0.25, 0.3) is 0 Å². The molecule has 0 unspecified atom stereocenters. The first-order valence-corrected chi connectivity index (χ1v) is 9.66. The molecule has 1 aromatic carbocycles. The van der Waals surface area contributed by atoms with Gasteiger partial charge in [0.2, 0.25) is 0 Å². The number of alkyl halides is 3. The minimum absolute atomic E-state index is 0.0855. The third-order valence-corrected chi connectivity index (χ3v) is 5.25. The normalized spacial score (nSPS) is 12.9. The Morgan fingerprint density at radius 2 is 1.94 bits per heavy atom. The monoisotopic (exact) mass is 418 g/mol. The van der Waals surface area contributed by atoms with Gasteiger partial charge in [0.05, 0.1) is 17.0 Å². The molecular weight excluding hydrogens is 401 g/mol. The minimum Gasteiger partial charge on any atom is -0.339 e. The summed E-state index contributed by atoms with van der Waals surface area (Å²) in [6.07, 6.45) is 2.42. The van der Waals surface area contributed by atoms with Crippen LogP contribution >= 0.6 is 0 Å². The molecule has 0 radical (unpaired) electrons. The highest BCUT2D eigenvalue weighted by atomic mass is 19.4. The molecule has 5 rings (SSSR count). The molecule has 0 atom stereocenters. The average molecular weight is 418 g/mol. The lowest BCUT2D eigenvalue weighted by atomic mass is 10.0. The summed E-state index contributed by atoms with van der Waals surface area (Å²) >= 11 is 0. The zero-order chi connectivity index (χ0) is 21.6. The number of benzene rings is 1. The van der Waals surface area contributed by atoms with Crippen LogP contribution in [0.5, 0.6) is 0 Å².